The molecule has 1 amide bonds. The summed E-state index contributed by atoms with van der Waals surface area (Å²) in [6.45, 7) is 6.18. The lowest BCUT2D eigenvalue weighted by Crippen LogP contribution is -2.41. The van der Waals surface area contributed by atoms with Crippen molar-refractivity contribution in [3.05, 3.63) is 0 Å². The topological polar surface area (TPSA) is 49.6 Å². The van der Waals surface area contributed by atoms with Gasteiger partial charge in [0.25, 0.3) is 0 Å². The van der Waals surface area contributed by atoms with Gasteiger partial charge in [0, 0.05) is 25.2 Å². The zero-order valence-corrected chi connectivity index (χ0v) is 9.36. The Morgan fingerprint density at radius 1 is 1.64 bits per heavy atom. The number of hydrogen-bond donors (Lipinski definition) is 1. The predicted octanol–water partition coefficient (Wildman–Crippen LogP) is -0.114. The number of nitrogens with two attached hydrogens (primary N) is 1. The highest BCUT2D eigenvalue weighted by atomic mass is 16.2. The van der Waals surface area contributed by atoms with Crippen molar-refractivity contribution >= 4 is 5.91 Å². The summed E-state index contributed by atoms with van der Waals surface area (Å²) in [4.78, 5) is 15.5. The number of hydrogen-bond acceptors (Lipinski definition) is 3. The molecule has 0 aliphatic carbocycles. The average Bonchev–Trinajstić information content (AvgIpc) is 2.64. The van der Waals surface area contributed by atoms with Gasteiger partial charge in [-0.25, -0.2) is 0 Å². The summed E-state index contributed by atoms with van der Waals surface area (Å²) in [6.07, 6.45) is 1.07. The van der Waals surface area contributed by atoms with E-state index in [0.717, 1.165) is 19.5 Å². The van der Waals surface area contributed by atoms with Crippen LogP contribution in [-0.4, -0.2) is 54.5 Å². The summed E-state index contributed by atoms with van der Waals surface area (Å²) in [5, 5.41) is 0. The molecule has 0 aromatic rings. The Kier molecular flexibility index (Phi) is 3.89. The smallest absolute Gasteiger partial charge is 0.236 e. The van der Waals surface area contributed by atoms with E-state index in [4.69, 9.17) is 5.73 Å². The molecule has 1 heterocycles. The highest BCUT2D eigenvalue weighted by Gasteiger charge is 2.28. The van der Waals surface area contributed by atoms with E-state index in [-0.39, 0.29) is 12.5 Å². The highest BCUT2D eigenvalue weighted by molar-refractivity contribution is 5.78. The zero-order chi connectivity index (χ0) is 10.7. The van der Waals surface area contributed by atoms with E-state index in [2.05, 4.69) is 25.8 Å². The Morgan fingerprint density at radius 3 is 2.79 bits per heavy atom. The number of nitrogens with zero attached hydrogens (tertiary/aromatic N) is 2. The molecule has 1 fully saturated rings. The Hall–Kier alpha value is -0.610. The van der Waals surface area contributed by atoms with Gasteiger partial charge in [-0.1, -0.05) is 0 Å². The fraction of sp³-hybridized carbons (Fsp3) is 0.900. The Balaban J connectivity index is 2.45. The largest absolute Gasteiger partial charge is 0.340 e. The first-order valence-corrected chi connectivity index (χ1v) is 5.26. The van der Waals surface area contributed by atoms with Gasteiger partial charge >= 0.3 is 0 Å². The number of amides is 1. The van der Waals surface area contributed by atoms with Gasteiger partial charge in [0.1, 0.15) is 0 Å². The molecule has 1 atom stereocenters. The van der Waals surface area contributed by atoms with Crippen molar-refractivity contribution in [3.63, 3.8) is 0 Å². The first-order chi connectivity index (χ1) is 6.56. The minimum Gasteiger partial charge on any atom is -0.340 e. The van der Waals surface area contributed by atoms with Crippen LogP contribution in [0.4, 0.5) is 0 Å². The van der Waals surface area contributed by atoms with Crippen molar-refractivity contribution in [2.45, 2.75) is 32.4 Å². The van der Waals surface area contributed by atoms with Gasteiger partial charge in [0.2, 0.25) is 5.91 Å². The van der Waals surface area contributed by atoms with Gasteiger partial charge in [-0.3, -0.25) is 9.69 Å². The van der Waals surface area contributed by atoms with E-state index in [1.807, 2.05) is 4.90 Å². The van der Waals surface area contributed by atoms with E-state index < -0.39 is 0 Å². The lowest BCUT2D eigenvalue weighted by molar-refractivity contribution is -0.128. The fourth-order valence-electron chi connectivity index (χ4n) is 1.85. The molecule has 4 nitrogen and oxygen atoms in total. The summed E-state index contributed by atoms with van der Waals surface area (Å²) in [7, 11) is 2.12. The van der Waals surface area contributed by atoms with E-state index in [0.29, 0.717) is 12.1 Å². The van der Waals surface area contributed by atoms with Crippen molar-refractivity contribution in [3.8, 4) is 0 Å². The quantitative estimate of drug-likeness (QED) is 0.690. The second-order valence-electron chi connectivity index (χ2n) is 4.25. The van der Waals surface area contributed by atoms with Crippen LogP contribution in [0.1, 0.15) is 20.3 Å². The fourth-order valence-corrected chi connectivity index (χ4v) is 1.85. The molecule has 14 heavy (non-hydrogen) atoms. The first-order valence-electron chi connectivity index (χ1n) is 5.26. The third kappa shape index (κ3) is 2.45. The molecule has 1 aliphatic rings. The molecule has 1 unspecified atom stereocenters. The van der Waals surface area contributed by atoms with Gasteiger partial charge in [-0.05, 0) is 27.3 Å². The molecule has 2 N–H and O–H groups in total. The molecule has 1 aliphatic heterocycles. The molecule has 82 valence electrons. The maximum absolute atomic E-state index is 11.3. The first kappa shape index (κ1) is 11.5. The number of carbonyl (C=O) groups excluding carboxylic acids is 1. The summed E-state index contributed by atoms with van der Waals surface area (Å²) in [5.41, 5.74) is 5.33. The number of likely N-dealkylation sites (tertiary alicyclic amines) is 1. The van der Waals surface area contributed by atoms with Crippen molar-refractivity contribution in [2.75, 3.05) is 26.7 Å². The minimum atomic E-state index is 0.0738. The molecule has 0 aromatic heterocycles. The van der Waals surface area contributed by atoms with Crippen molar-refractivity contribution in [2.24, 2.45) is 5.73 Å². The van der Waals surface area contributed by atoms with Crippen molar-refractivity contribution in [1.29, 1.82) is 0 Å². The number of carbonyl (C=O) groups is 1. The lowest BCUT2D eigenvalue weighted by atomic mass is 10.2. The molecular weight excluding hydrogens is 178 g/mol. The summed E-state index contributed by atoms with van der Waals surface area (Å²) in [6, 6.07) is 1.04. The number of likely N-dealkylation sites (N-methyl/N-ethyl adjacent to an activating group) is 1. The minimum absolute atomic E-state index is 0.0738. The van der Waals surface area contributed by atoms with Crippen LogP contribution in [-0.2, 0) is 4.79 Å². The van der Waals surface area contributed by atoms with Crippen LogP contribution in [0.2, 0.25) is 0 Å². The van der Waals surface area contributed by atoms with Crippen LogP contribution in [0.25, 0.3) is 0 Å². The van der Waals surface area contributed by atoms with Gasteiger partial charge in [0.05, 0.1) is 6.54 Å². The van der Waals surface area contributed by atoms with Crippen LogP contribution in [0.15, 0.2) is 0 Å². The van der Waals surface area contributed by atoms with E-state index in [9.17, 15) is 4.79 Å². The summed E-state index contributed by atoms with van der Waals surface area (Å²) >= 11 is 0. The Bertz CT molecular complexity index is 206. The van der Waals surface area contributed by atoms with Crippen LogP contribution >= 0.6 is 0 Å². The van der Waals surface area contributed by atoms with Crippen LogP contribution < -0.4 is 5.73 Å². The Labute approximate surface area is 86.0 Å². The van der Waals surface area contributed by atoms with Crippen LogP contribution in [0.5, 0.6) is 0 Å². The van der Waals surface area contributed by atoms with Gasteiger partial charge in [-0.15, -0.1) is 0 Å². The molecule has 0 bridgehead atoms. The van der Waals surface area contributed by atoms with Crippen LogP contribution in [0.3, 0.4) is 0 Å². The summed E-state index contributed by atoms with van der Waals surface area (Å²) < 4.78 is 0. The maximum atomic E-state index is 11.3. The average molecular weight is 199 g/mol. The second-order valence-corrected chi connectivity index (χ2v) is 4.25. The molecule has 0 spiro atoms. The molecule has 1 rings (SSSR count). The van der Waals surface area contributed by atoms with E-state index >= 15 is 0 Å². The third-order valence-corrected chi connectivity index (χ3v) is 3.08. The summed E-state index contributed by atoms with van der Waals surface area (Å²) in [5.74, 6) is 0.0738. The zero-order valence-electron chi connectivity index (χ0n) is 9.36. The van der Waals surface area contributed by atoms with Crippen LogP contribution in [0, 0.1) is 0 Å². The molecule has 1 saturated heterocycles. The van der Waals surface area contributed by atoms with Crippen molar-refractivity contribution < 1.29 is 4.79 Å². The molecule has 0 aromatic carbocycles. The highest BCUT2D eigenvalue weighted by Crippen LogP contribution is 2.15. The van der Waals surface area contributed by atoms with E-state index in [1.54, 1.807) is 0 Å². The predicted molar refractivity (Wildman–Crippen MR) is 56.9 cm³/mol. The second kappa shape index (κ2) is 4.75. The third-order valence-electron chi connectivity index (χ3n) is 3.08. The normalized spacial score (nSPS) is 22.4. The van der Waals surface area contributed by atoms with Gasteiger partial charge in [0.15, 0.2) is 0 Å². The van der Waals surface area contributed by atoms with Crippen molar-refractivity contribution in [1.82, 2.24) is 9.80 Å². The monoisotopic (exact) mass is 199 g/mol. The molecule has 0 saturated carbocycles. The standard InChI is InChI=1S/C10H21N3O/c1-8(2)12(3)9-4-5-13(7-9)10(14)6-11/h8-9H,4-7,11H2,1-3H3. The maximum Gasteiger partial charge on any atom is 0.236 e. The van der Waals surface area contributed by atoms with Gasteiger partial charge in [-0.2, -0.15) is 0 Å². The molecule has 0 radical (unpaired) electrons. The van der Waals surface area contributed by atoms with E-state index in [1.165, 1.54) is 0 Å². The SMILES string of the molecule is CC(C)N(C)C1CCN(C(=O)CN)C1. The molecular formula is C10H21N3O. The number of rotatable bonds is 3. The van der Waals surface area contributed by atoms with Gasteiger partial charge < -0.3 is 10.6 Å². The Morgan fingerprint density at radius 2 is 2.29 bits per heavy atom. The molecule has 4 heteroatoms. The lowest BCUT2D eigenvalue weighted by Gasteiger charge is -2.28.